The normalized spacial score (nSPS) is 25.0. The molecule has 1 N–H and O–H groups in total. The number of nitrogens with one attached hydrogen (secondary N) is 1. The fourth-order valence-electron chi connectivity index (χ4n) is 2.52. The van der Waals surface area contributed by atoms with Crippen LogP contribution < -0.4 is 5.32 Å². The van der Waals surface area contributed by atoms with Crippen molar-refractivity contribution in [3.63, 3.8) is 0 Å². The van der Waals surface area contributed by atoms with Gasteiger partial charge >= 0.3 is 0 Å². The smallest absolute Gasteiger partial charge is 0.00203 e. The third kappa shape index (κ3) is 1.69. The minimum Gasteiger partial charge on any atom is -0.316 e. The zero-order valence-electron chi connectivity index (χ0n) is 9.09. The molecule has 0 radical (unpaired) electrons. The molecule has 1 aromatic carbocycles. The molecule has 1 heteroatoms. The van der Waals surface area contributed by atoms with Gasteiger partial charge in [0.15, 0.2) is 0 Å². The zero-order chi connectivity index (χ0) is 9.97. The summed E-state index contributed by atoms with van der Waals surface area (Å²) in [5, 5.41) is 3.45. The van der Waals surface area contributed by atoms with Crippen molar-refractivity contribution < 1.29 is 0 Å². The standard InChI is InChI=1S/C13H19N/c1-3-14-9-11-8-10(2)12-6-4-5-7-13(11)12/h4-7,10-11,14H,3,8-9H2,1-2H3. The zero-order valence-corrected chi connectivity index (χ0v) is 9.09. The number of benzene rings is 1. The number of rotatable bonds is 3. The maximum atomic E-state index is 3.45. The molecule has 1 nitrogen and oxygen atoms in total. The Morgan fingerprint density at radius 1 is 1.29 bits per heavy atom. The molecule has 1 aliphatic rings. The molecule has 0 aromatic heterocycles. The van der Waals surface area contributed by atoms with Gasteiger partial charge in [0.1, 0.15) is 0 Å². The van der Waals surface area contributed by atoms with Gasteiger partial charge in [-0.1, -0.05) is 38.1 Å². The Hall–Kier alpha value is -0.820. The largest absolute Gasteiger partial charge is 0.316 e. The van der Waals surface area contributed by atoms with Crippen LogP contribution in [0.5, 0.6) is 0 Å². The third-order valence-electron chi connectivity index (χ3n) is 3.25. The van der Waals surface area contributed by atoms with Crippen molar-refractivity contribution in [2.75, 3.05) is 13.1 Å². The van der Waals surface area contributed by atoms with Gasteiger partial charge in [-0.25, -0.2) is 0 Å². The number of likely N-dealkylation sites (N-methyl/N-ethyl adjacent to an activating group) is 1. The maximum Gasteiger partial charge on any atom is 0.00203 e. The van der Waals surface area contributed by atoms with Gasteiger partial charge in [0.05, 0.1) is 0 Å². The highest BCUT2D eigenvalue weighted by Gasteiger charge is 2.26. The Labute approximate surface area is 86.5 Å². The quantitative estimate of drug-likeness (QED) is 0.771. The lowest BCUT2D eigenvalue weighted by Crippen LogP contribution is -2.19. The molecule has 0 spiro atoms. The van der Waals surface area contributed by atoms with Crippen molar-refractivity contribution in [2.24, 2.45) is 0 Å². The van der Waals surface area contributed by atoms with Gasteiger partial charge in [-0.3, -0.25) is 0 Å². The van der Waals surface area contributed by atoms with Crippen LogP contribution in [0.15, 0.2) is 24.3 Å². The van der Waals surface area contributed by atoms with Crippen LogP contribution in [-0.4, -0.2) is 13.1 Å². The predicted molar refractivity (Wildman–Crippen MR) is 60.8 cm³/mol. The highest BCUT2D eigenvalue weighted by Crippen LogP contribution is 2.40. The second-order valence-corrected chi connectivity index (χ2v) is 4.27. The molecule has 2 unspecified atom stereocenters. The van der Waals surface area contributed by atoms with Gasteiger partial charge in [0.25, 0.3) is 0 Å². The molecule has 2 rings (SSSR count). The minimum atomic E-state index is 0.737. The van der Waals surface area contributed by atoms with Gasteiger partial charge in [-0.2, -0.15) is 0 Å². The molecule has 76 valence electrons. The summed E-state index contributed by atoms with van der Waals surface area (Å²) >= 11 is 0. The van der Waals surface area contributed by atoms with E-state index in [0.717, 1.165) is 24.9 Å². The summed E-state index contributed by atoms with van der Waals surface area (Å²) in [4.78, 5) is 0. The van der Waals surface area contributed by atoms with E-state index in [1.54, 1.807) is 11.1 Å². The van der Waals surface area contributed by atoms with Crippen molar-refractivity contribution in [3.05, 3.63) is 35.4 Å². The van der Waals surface area contributed by atoms with Crippen LogP contribution in [0, 0.1) is 0 Å². The van der Waals surface area contributed by atoms with Crippen LogP contribution in [0.25, 0.3) is 0 Å². The van der Waals surface area contributed by atoms with Crippen LogP contribution in [0.4, 0.5) is 0 Å². The molecule has 0 amide bonds. The van der Waals surface area contributed by atoms with E-state index >= 15 is 0 Å². The summed E-state index contributed by atoms with van der Waals surface area (Å²) < 4.78 is 0. The van der Waals surface area contributed by atoms with Crippen molar-refractivity contribution in [3.8, 4) is 0 Å². The van der Waals surface area contributed by atoms with Gasteiger partial charge in [-0.05, 0) is 35.9 Å². The highest BCUT2D eigenvalue weighted by molar-refractivity contribution is 5.38. The second kappa shape index (κ2) is 4.14. The maximum absolute atomic E-state index is 3.45. The van der Waals surface area contributed by atoms with Crippen LogP contribution in [0.2, 0.25) is 0 Å². The lowest BCUT2D eigenvalue weighted by Gasteiger charge is -2.11. The Bertz CT molecular complexity index is 306. The first-order valence-corrected chi connectivity index (χ1v) is 5.62. The van der Waals surface area contributed by atoms with Gasteiger partial charge < -0.3 is 5.32 Å². The van der Waals surface area contributed by atoms with E-state index < -0.39 is 0 Å². The number of hydrogen-bond donors (Lipinski definition) is 1. The molecule has 1 aliphatic carbocycles. The van der Waals surface area contributed by atoms with Crippen molar-refractivity contribution in [2.45, 2.75) is 32.1 Å². The van der Waals surface area contributed by atoms with Crippen LogP contribution >= 0.6 is 0 Å². The molecule has 0 saturated carbocycles. The third-order valence-corrected chi connectivity index (χ3v) is 3.25. The highest BCUT2D eigenvalue weighted by atomic mass is 14.8. The first-order chi connectivity index (χ1) is 6.83. The van der Waals surface area contributed by atoms with Crippen molar-refractivity contribution in [1.82, 2.24) is 5.32 Å². The fourth-order valence-corrected chi connectivity index (χ4v) is 2.52. The summed E-state index contributed by atoms with van der Waals surface area (Å²) in [5.74, 6) is 1.48. The Morgan fingerprint density at radius 2 is 2.00 bits per heavy atom. The van der Waals surface area contributed by atoms with Crippen molar-refractivity contribution >= 4 is 0 Å². The van der Waals surface area contributed by atoms with Gasteiger partial charge in [0.2, 0.25) is 0 Å². The molecule has 0 aliphatic heterocycles. The molecular formula is C13H19N. The first-order valence-electron chi connectivity index (χ1n) is 5.62. The molecule has 0 heterocycles. The SMILES string of the molecule is CCNCC1CC(C)c2ccccc21. The Morgan fingerprint density at radius 3 is 2.71 bits per heavy atom. The van der Waals surface area contributed by atoms with Gasteiger partial charge in [0, 0.05) is 6.54 Å². The van der Waals surface area contributed by atoms with E-state index in [0.29, 0.717) is 0 Å². The number of hydrogen-bond acceptors (Lipinski definition) is 1. The molecule has 0 saturated heterocycles. The molecule has 2 atom stereocenters. The predicted octanol–water partition coefficient (Wildman–Crippen LogP) is 2.89. The summed E-state index contributed by atoms with van der Waals surface area (Å²) in [7, 11) is 0. The summed E-state index contributed by atoms with van der Waals surface area (Å²) in [6.07, 6.45) is 1.31. The molecule has 0 fully saturated rings. The molecular weight excluding hydrogens is 170 g/mol. The van der Waals surface area contributed by atoms with E-state index in [1.165, 1.54) is 6.42 Å². The molecule has 14 heavy (non-hydrogen) atoms. The van der Waals surface area contributed by atoms with Crippen LogP contribution in [0.1, 0.15) is 43.2 Å². The lowest BCUT2D eigenvalue weighted by molar-refractivity contribution is 0.563. The summed E-state index contributed by atoms with van der Waals surface area (Å²) in [6, 6.07) is 8.90. The van der Waals surface area contributed by atoms with E-state index in [2.05, 4.69) is 43.4 Å². The second-order valence-electron chi connectivity index (χ2n) is 4.27. The van der Waals surface area contributed by atoms with Crippen LogP contribution in [0.3, 0.4) is 0 Å². The topological polar surface area (TPSA) is 12.0 Å². The first kappa shape index (κ1) is 9.72. The van der Waals surface area contributed by atoms with Crippen LogP contribution in [-0.2, 0) is 0 Å². The monoisotopic (exact) mass is 189 g/mol. The van der Waals surface area contributed by atoms with E-state index in [1.807, 2.05) is 0 Å². The summed E-state index contributed by atoms with van der Waals surface area (Å²) in [5.41, 5.74) is 3.14. The number of fused-ring (bicyclic) bond motifs is 1. The van der Waals surface area contributed by atoms with Crippen molar-refractivity contribution in [1.29, 1.82) is 0 Å². The molecule has 1 aromatic rings. The average Bonchev–Trinajstić information content (AvgIpc) is 2.54. The Kier molecular flexibility index (Phi) is 2.87. The lowest BCUT2D eigenvalue weighted by atomic mass is 10.0. The molecule has 0 bridgehead atoms. The minimum absolute atomic E-state index is 0.737. The Balaban J connectivity index is 2.17. The van der Waals surface area contributed by atoms with E-state index in [9.17, 15) is 0 Å². The van der Waals surface area contributed by atoms with Gasteiger partial charge in [-0.15, -0.1) is 0 Å². The van der Waals surface area contributed by atoms with E-state index in [4.69, 9.17) is 0 Å². The van der Waals surface area contributed by atoms with E-state index in [-0.39, 0.29) is 0 Å². The average molecular weight is 189 g/mol. The summed E-state index contributed by atoms with van der Waals surface area (Å²) in [6.45, 7) is 6.72. The fraction of sp³-hybridized carbons (Fsp3) is 0.538.